The molecule has 8 N–H and O–H groups in total. The Morgan fingerprint density at radius 1 is 0.467 bits per heavy atom. The molecular weight excluding hydrogens is 525 g/mol. The predicted octanol–water partition coefficient (Wildman–Crippen LogP) is -5.36. The zero-order chi connectivity index (χ0) is 21.3. The molecule has 0 bridgehead atoms. The molecule has 0 aliphatic carbocycles. The molecule has 0 saturated carbocycles. The van der Waals surface area contributed by atoms with Crippen LogP contribution in [0.1, 0.15) is 25.7 Å². The Morgan fingerprint density at radius 2 is 0.600 bits per heavy atom. The van der Waals surface area contributed by atoms with E-state index >= 15 is 0 Å². The van der Waals surface area contributed by atoms with Crippen LogP contribution in [0.4, 0.5) is 0 Å². The first-order chi connectivity index (χ1) is 11.6. The van der Waals surface area contributed by atoms with Crippen LogP contribution >= 0.6 is 0 Å². The zero-order valence-corrected chi connectivity index (χ0v) is 12.9. The number of carbonyl (C=O) groups is 6. The molecule has 0 unspecified atom stereocenters. The number of rotatable bonds is 10. The summed E-state index contributed by atoms with van der Waals surface area (Å²) in [6.07, 6.45) is -4.58. The van der Waals surface area contributed by atoms with E-state index in [0.717, 1.165) is 0 Å². The van der Waals surface area contributed by atoms with E-state index in [0.29, 0.717) is 0 Å². The molecule has 0 aromatic carbocycles. The SMILES string of the molecule is O=C(O)CC(O)(CC(=O)O)C(=O)O.O=C(O)CC(O)(CC(=O)O)C(=O)O.[CaH2].[KH].[KH].[KH]. The van der Waals surface area contributed by atoms with Gasteiger partial charge in [-0.1, -0.05) is 0 Å². The third kappa shape index (κ3) is 22.7. The molecule has 0 spiro atoms. The van der Waals surface area contributed by atoms with Gasteiger partial charge >= 0.3 is 228 Å². The molecule has 0 aromatic heterocycles. The first kappa shape index (κ1) is 46.3. The fourth-order valence-corrected chi connectivity index (χ4v) is 1.43. The van der Waals surface area contributed by atoms with Gasteiger partial charge in [0.1, 0.15) is 0 Å². The first-order valence-electron chi connectivity index (χ1n) is 6.34. The van der Waals surface area contributed by atoms with E-state index in [2.05, 4.69) is 0 Å². The van der Waals surface area contributed by atoms with Gasteiger partial charge < -0.3 is 40.9 Å². The predicted molar refractivity (Wildman–Crippen MR) is 104 cm³/mol. The van der Waals surface area contributed by atoms with Gasteiger partial charge in [-0.3, -0.25) is 19.2 Å². The molecule has 0 aliphatic rings. The number of hydrogen-bond acceptors (Lipinski definition) is 8. The van der Waals surface area contributed by atoms with Gasteiger partial charge in [0.2, 0.25) is 0 Å². The molecular formula is C12H21CaK3O14. The third-order valence-electron chi connectivity index (χ3n) is 2.57. The van der Waals surface area contributed by atoms with Crippen molar-refractivity contribution in [1.82, 2.24) is 0 Å². The molecule has 0 aromatic rings. The van der Waals surface area contributed by atoms with Crippen LogP contribution in [0.3, 0.4) is 0 Å². The van der Waals surface area contributed by atoms with E-state index in [1.165, 1.54) is 0 Å². The van der Waals surface area contributed by atoms with E-state index in [9.17, 15) is 28.8 Å². The first-order valence-corrected chi connectivity index (χ1v) is 6.34. The Balaban J connectivity index is -0.0000000847. The van der Waals surface area contributed by atoms with E-state index in [1.807, 2.05) is 0 Å². The Morgan fingerprint density at radius 3 is 0.667 bits per heavy atom. The van der Waals surface area contributed by atoms with Crippen molar-refractivity contribution >= 4 is 228 Å². The molecule has 0 atom stereocenters. The molecule has 30 heavy (non-hydrogen) atoms. The van der Waals surface area contributed by atoms with Crippen molar-refractivity contribution < 1.29 is 69.6 Å². The summed E-state index contributed by atoms with van der Waals surface area (Å²) >= 11 is 0. The summed E-state index contributed by atoms with van der Waals surface area (Å²) < 4.78 is 0. The third-order valence-corrected chi connectivity index (χ3v) is 2.57. The van der Waals surface area contributed by atoms with Gasteiger partial charge in [-0.25, -0.2) is 9.59 Å². The molecule has 0 rings (SSSR count). The molecule has 0 radical (unpaired) electrons. The van der Waals surface area contributed by atoms with Gasteiger partial charge in [0.25, 0.3) is 0 Å². The van der Waals surface area contributed by atoms with Crippen LogP contribution in [0.25, 0.3) is 0 Å². The Kier molecular flexibility index (Phi) is 34.5. The van der Waals surface area contributed by atoms with Gasteiger partial charge in [-0.2, -0.15) is 0 Å². The van der Waals surface area contributed by atoms with Gasteiger partial charge in [0.05, 0.1) is 25.7 Å². The minimum atomic E-state index is -2.74. The molecule has 0 fully saturated rings. The van der Waals surface area contributed by atoms with E-state index in [-0.39, 0.29) is 192 Å². The second-order valence-electron chi connectivity index (χ2n) is 4.96. The maximum absolute atomic E-state index is 10.3. The van der Waals surface area contributed by atoms with Crippen molar-refractivity contribution in [2.24, 2.45) is 0 Å². The quantitative estimate of drug-likeness (QED) is 0.119. The van der Waals surface area contributed by atoms with Gasteiger partial charge in [0, 0.05) is 0 Å². The summed E-state index contributed by atoms with van der Waals surface area (Å²) in [6, 6.07) is 0. The summed E-state index contributed by atoms with van der Waals surface area (Å²) in [5, 5.41) is 67.6. The van der Waals surface area contributed by atoms with Gasteiger partial charge in [0.15, 0.2) is 11.2 Å². The van der Waals surface area contributed by atoms with Crippen molar-refractivity contribution in [3.8, 4) is 0 Å². The molecule has 0 heterocycles. The van der Waals surface area contributed by atoms with Crippen molar-refractivity contribution in [1.29, 1.82) is 0 Å². The fraction of sp³-hybridized carbons (Fsp3) is 0.500. The van der Waals surface area contributed by atoms with Crippen molar-refractivity contribution in [3.05, 3.63) is 0 Å². The number of carboxylic acids is 6. The monoisotopic (exact) mass is 546 g/mol. The summed E-state index contributed by atoms with van der Waals surface area (Å²) in [7, 11) is 0. The van der Waals surface area contributed by atoms with Crippen LogP contribution in [0.15, 0.2) is 0 Å². The van der Waals surface area contributed by atoms with Crippen LogP contribution in [-0.2, 0) is 28.8 Å². The topological polar surface area (TPSA) is 264 Å². The summed E-state index contributed by atoms with van der Waals surface area (Å²) in [5.74, 6) is -10.0. The van der Waals surface area contributed by atoms with Crippen molar-refractivity contribution in [3.63, 3.8) is 0 Å². The zero-order valence-electron chi connectivity index (χ0n) is 12.9. The molecule has 0 saturated heterocycles. The summed E-state index contributed by atoms with van der Waals surface area (Å²) in [4.78, 5) is 61.0. The average Bonchev–Trinajstić information content (AvgIpc) is 2.34. The summed E-state index contributed by atoms with van der Waals surface area (Å²) in [5.41, 5.74) is -5.48. The van der Waals surface area contributed by atoms with Crippen LogP contribution in [-0.4, -0.2) is 280 Å². The number of aliphatic hydroxyl groups is 2. The summed E-state index contributed by atoms with van der Waals surface area (Å²) in [6.45, 7) is 0. The standard InChI is InChI=1S/2C6H8O7.Ca.3K.5H/c2*7-3(8)1-6(13,5(11)12)2-4(9)10;;;;;;;;;/h2*13H,1-2H2,(H,7,8)(H,9,10)(H,11,12);;;;;;;;;. The number of carboxylic acid groups (broad SMARTS) is 6. The Labute approximate surface area is 326 Å². The Hall–Kier alpha value is 2.91. The van der Waals surface area contributed by atoms with Crippen LogP contribution < -0.4 is 0 Å². The van der Waals surface area contributed by atoms with Crippen molar-refractivity contribution in [2.75, 3.05) is 0 Å². The minimum absolute atomic E-state index is 0. The fourth-order valence-electron chi connectivity index (χ4n) is 1.43. The number of hydrogen-bond donors (Lipinski definition) is 8. The van der Waals surface area contributed by atoms with Crippen molar-refractivity contribution in [2.45, 2.75) is 36.9 Å². The number of aliphatic carboxylic acids is 6. The van der Waals surface area contributed by atoms with E-state index in [4.69, 9.17) is 40.9 Å². The second-order valence-corrected chi connectivity index (χ2v) is 4.96. The second kappa shape index (κ2) is 22.4. The normalized spacial score (nSPS) is 9.40. The Bertz CT molecular complexity index is 527. The van der Waals surface area contributed by atoms with E-state index < -0.39 is 72.7 Å². The van der Waals surface area contributed by atoms with Crippen LogP contribution in [0.5, 0.6) is 0 Å². The van der Waals surface area contributed by atoms with E-state index in [1.54, 1.807) is 0 Å². The van der Waals surface area contributed by atoms with Crippen LogP contribution in [0.2, 0.25) is 0 Å². The molecule has 14 nitrogen and oxygen atoms in total. The molecule has 0 amide bonds. The average molecular weight is 547 g/mol. The molecule has 18 heteroatoms. The molecule has 158 valence electrons. The maximum atomic E-state index is 10.3. The van der Waals surface area contributed by atoms with Gasteiger partial charge in [-0.05, 0) is 0 Å². The van der Waals surface area contributed by atoms with Gasteiger partial charge in [-0.15, -0.1) is 0 Å². The van der Waals surface area contributed by atoms with Crippen LogP contribution in [0, 0.1) is 0 Å². The molecule has 0 aliphatic heterocycles.